The molecule has 0 radical (unpaired) electrons. The maximum Gasteiger partial charge on any atom is 0.0237 e. The Kier molecular flexibility index (Phi) is 5.61. The van der Waals surface area contributed by atoms with Crippen molar-refractivity contribution < 1.29 is 0 Å². The molecule has 0 saturated carbocycles. The summed E-state index contributed by atoms with van der Waals surface area (Å²) in [4.78, 5) is 2.53. The van der Waals surface area contributed by atoms with Crippen molar-refractivity contribution in [3.63, 3.8) is 0 Å². The Balaban J connectivity index is 1.72. The Bertz CT molecular complexity index is 703. The largest absolute Gasteiger partial charge is 0.327 e. The van der Waals surface area contributed by atoms with Gasteiger partial charge in [-0.25, -0.2) is 0 Å². The van der Waals surface area contributed by atoms with Crippen LogP contribution in [0.25, 0.3) is 0 Å². The van der Waals surface area contributed by atoms with Crippen LogP contribution in [0.3, 0.4) is 0 Å². The Morgan fingerprint density at radius 1 is 1.04 bits per heavy atom. The van der Waals surface area contributed by atoms with Gasteiger partial charge in [0, 0.05) is 25.7 Å². The molecule has 25 heavy (non-hydrogen) atoms. The number of rotatable bonds is 4. The second kappa shape index (κ2) is 7.72. The molecule has 0 spiro atoms. The minimum atomic E-state index is 0.259. The molecule has 1 aliphatic rings. The third-order valence-electron chi connectivity index (χ3n) is 5.53. The first-order chi connectivity index (χ1) is 11.9. The third kappa shape index (κ3) is 4.50. The van der Waals surface area contributed by atoms with Crippen LogP contribution in [0.5, 0.6) is 0 Å². The summed E-state index contributed by atoms with van der Waals surface area (Å²) in [5.41, 5.74) is 13.4. The first kappa shape index (κ1) is 18.2. The van der Waals surface area contributed by atoms with Gasteiger partial charge in [0.2, 0.25) is 0 Å². The lowest BCUT2D eigenvalue weighted by atomic mass is 9.87. The quantitative estimate of drug-likeness (QED) is 0.873. The zero-order valence-electron chi connectivity index (χ0n) is 16.1. The van der Waals surface area contributed by atoms with Crippen LogP contribution in [-0.2, 0) is 6.54 Å². The van der Waals surface area contributed by atoms with Gasteiger partial charge in [-0.1, -0.05) is 61.9 Å². The second-order valence-corrected chi connectivity index (χ2v) is 8.14. The molecule has 2 aromatic rings. The molecule has 2 aromatic carbocycles. The highest BCUT2D eigenvalue weighted by molar-refractivity contribution is 5.31. The normalized spacial score (nSPS) is 21.7. The van der Waals surface area contributed by atoms with Gasteiger partial charge in [0.05, 0.1) is 0 Å². The number of nitrogens with zero attached hydrogens (tertiary/aromatic N) is 1. The van der Waals surface area contributed by atoms with E-state index in [2.05, 4.69) is 75.1 Å². The molecule has 2 nitrogen and oxygen atoms in total. The topological polar surface area (TPSA) is 29.3 Å². The van der Waals surface area contributed by atoms with Gasteiger partial charge < -0.3 is 5.73 Å². The zero-order valence-corrected chi connectivity index (χ0v) is 16.1. The highest BCUT2D eigenvalue weighted by atomic mass is 15.1. The average Bonchev–Trinajstić information content (AvgIpc) is 2.57. The SMILES string of the molecule is Cc1ccc(CN2CC(N)CC(c3ccc(C(C)C)cc3)C2)c(C)c1. The Morgan fingerprint density at radius 3 is 2.40 bits per heavy atom. The summed E-state index contributed by atoms with van der Waals surface area (Å²) in [6.45, 7) is 12.0. The fourth-order valence-electron chi connectivity index (χ4n) is 4.02. The Morgan fingerprint density at radius 2 is 1.76 bits per heavy atom. The highest BCUT2D eigenvalue weighted by Crippen LogP contribution is 2.29. The van der Waals surface area contributed by atoms with E-state index >= 15 is 0 Å². The van der Waals surface area contributed by atoms with Crippen molar-refractivity contribution in [2.75, 3.05) is 13.1 Å². The standard InChI is InChI=1S/C23H32N2/c1-16(2)19-7-9-20(10-8-19)22-12-23(24)15-25(14-22)13-21-6-5-17(3)11-18(21)4/h5-11,16,22-23H,12-15,24H2,1-4H3. The minimum Gasteiger partial charge on any atom is -0.327 e. The second-order valence-electron chi connectivity index (χ2n) is 8.14. The summed E-state index contributed by atoms with van der Waals surface area (Å²) in [6, 6.07) is 16.2. The molecular weight excluding hydrogens is 304 g/mol. The van der Waals surface area contributed by atoms with Crippen molar-refractivity contribution >= 4 is 0 Å². The lowest BCUT2D eigenvalue weighted by Crippen LogP contribution is -2.45. The Hall–Kier alpha value is -1.64. The monoisotopic (exact) mass is 336 g/mol. The van der Waals surface area contributed by atoms with E-state index in [1.54, 1.807) is 0 Å². The van der Waals surface area contributed by atoms with Gasteiger partial charge in [-0.2, -0.15) is 0 Å². The lowest BCUT2D eigenvalue weighted by Gasteiger charge is -2.37. The molecule has 1 heterocycles. The van der Waals surface area contributed by atoms with Gasteiger partial charge in [0.1, 0.15) is 0 Å². The summed E-state index contributed by atoms with van der Waals surface area (Å²) in [5, 5.41) is 0. The number of aryl methyl sites for hydroxylation is 2. The van der Waals surface area contributed by atoms with E-state index in [-0.39, 0.29) is 6.04 Å². The average molecular weight is 337 g/mol. The van der Waals surface area contributed by atoms with Gasteiger partial charge in [0.25, 0.3) is 0 Å². The van der Waals surface area contributed by atoms with E-state index in [1.807, 2.05) is 0 Å². The van der Waals surface area contributed by atoms with Crippen LogP contribution in [0, 0.1) is 13.8 Å². The lowest BCUT2D eigenvalue weighted by molar-refractivity contribution is 0.181. The van der Waals surface area contributed by atoms with E-state index in [9.17, 15) is 0 Å². The van der Waals surface area contributed by atoms with Crippen LogP contribution < -0.4 is 5.73 Å². The van der Waals surface area contributed by atoms with Gasteiger partial charge >= 0.3 is 0 Å². The van der Waals surface area contributed by atoms with Crippen LogP contribution in [0.15, 0.2) is 42.5 Å². The van der Waals surface area contributed by atoms with E-state index in [0.717, 1.165) is 26.1 Å². The zero-order chi connectivity index (χ0) is 18.0. The first-order valence-electron chi connectivity index (χ1n) is 9.56. The van der Waals surface area contributed by atoms with Gasteiger partial charge in [-0.3, -0.25) is 4.90 Å². The van der Waals surface area contributed by atoms with E-state index < -0.39 is 0 Å². The van der Waals surface area contributed by atoms with Crippen LogP contribution in [-0.4, -0.2) is 24.0 Å². The van der Waals surface area contributed by atoms with Gasteiger partial charge in [-0.05, 0) is 54.4 Å². The maximum atomic E-state index is 6.41. The van der Waals surface area contributed by atoms with Crippen molar-refractivity contribution in [2.45, 2.75) is 58.5 Å². The number of hydrogen-bond donors (Lipinski definition) is 1. The van der Waals surface area contributed by atoms with Crippen LogP contribution in [0.2, 0.25) is 0 Å². The molecule has 1 saturated heterocycles. The van der Waals surface area contributed by atoms with Crippen molar-refractivity contribution in [1.82, 2.24) is 4.90 Å². The van der Waals surface area contributed by atoms with Crippen molar-refractivity contribution in [3.8, 4) is 0 Å². The summed E-state index contributed by atoms with van der Waals surface area (Å²) in [6.07, 6.45) is 1.09. The predicted octanol–water partition coefficient (Wildman–Crippen LogP) is 4.74. The molecule has 0 amide bonds. The molecular formula is C23H32N2. The minimum absolute atomic E-state index is 0.259. The number of hydrogen-bond acceptors (Lipinski definition) is 2. The molecule has 1 aliphatic heterocycles. The summed E-state index contributed by atoms with van der Waals surface area (Å²) < 4.78 is 0. The van der Waals surface area contributed by atoms with Crippen LogP contribution in [0.4, 0.5) is 0 Å². The molecule has 0 aromatic heterocycles. The number of benzene rings is 2. The van der Waals surface area contributed by atoms with Crippen molar-refractivity contribution in [3.05, 3.63) is 70.3 Å². The summed E-state index contributed by atoms with van der Waals surface area (Å²) >= 11 is 0. The van der Waals surface area contributed by atoms with E-state index in [1.165, 1.54) is 27.8 Å². The van der Waals surface area contributed by atoms with E-state index in [0.29, 0.717) is 11.8 Å². The molecule has 0 bridgehead atoms. The Labute approximate surface area is 153 Å². The highest BCUT2D eigenvalue weighted by Gasteiger charge is 2.26. The molecule has 2 heteroatoms. The molecule has 2 N–H and O–H groups in total. The first-order valence-corrected chi connectivity index (χ1v) is 9.56. The fraction of sp³-hybridized carbons (Fsp3) is 0.478. The van der Waals surface area contributed by atoms with Gasteiger partial charge in [-0.15, -0.1) is 0 Å². The van der Waals surface area contributed by atoms with Crippen LogP contribution in [0.1, 0.15) is 59.9 Å². The fourth-order valence-corrected chi connectivity index (χ4v) is 4.02. The summed E-state index contributed by atoms with van der Waals surface area (Å²) in [7, 11) is 0. The number of likely N-dealkylation sites (tertiary alicyclic amines) is 1. The molecule has 2 atom stereocenters. The number of piperidine rings is 1. The van der Waals surface area contributed by atoms with E-state index in [4.69, 9.17) is 5.73 Å². The molecule has 0 aliphatic carbocycles. The molecule has 134 valence electrons. The predicted molar refractivity (Wildman–Crippen MR) is 107 cm³/mol. The van der Waals surface area contributed by atoms with Crippen LogP contribution >= 0.6 is 0 Å². The maximum absolute atomic E-state index is 6.41. The smallest absolute Gasteiger partial charge is 0.0237 e. The molecule has 2 unspecified atom stereocenters. The third-order valence-corrected chi connectivity index (χ3v) is 5.53. The summed E-state index contributed by atoms with van der Waals surface area (Å²) in [5.74, 6) is 1.12. The molecule has 1 fully saturated rings. The number of nitrogens with two attached hydrogens (primary N) is 1. The van der Waals surface area contributed by atoms with Crippen molar-refractivity contribution in [1.29, 1.82) is 0 Å². The van der Waals surface area contributed by atoms with Crippen molar-refractivity contribution in [2.24, 2.45) is 5.73 Å². The van der Waals surface area contributed by atoms with Gasteiger partial charge in [0.15, 0.2) is 0 Å². The molecule has 3 rings (SSSR count).